The average molecular weight is 220 g/mol. The molecule has 0 aromatic rings. The van der Waals surface area contributed by atoms with Gasteiger partial charge in [0.2, 0.25) is 5.91 Å². The number of carbonyl (C=O) groups is 1. The van der Waals surface area contributed by atoms with Crippen molar-refractivity contribution in [3.63, 3.8) is 0 Å². The van der Waals surface area contributed by atoms with E-state index in [1.807, 2.05) is 0 Å². The van der Waals surface area contributed by atoms with Crippen molar-refractivity contribution in [2.75, 3.05) is 47.6 Å². The lowest BCUT2D eigenvalue weighted by Crippen LogP contribution is -2.39. The van der Waals surface area contributed by atoms with Crippen molar-refractivity contribution in [3.05, 3.63) is 0 Å². The topological polar surface area (TPSA) is 68.8 Å². The van der Waals surface area contributed by atoms with Crippen LogP contribution in [0.4, 0.5) is 0 Å². The lowest BCUT2D eigenvalue weighted by atomic mass is 10.5. The third kappa shape index (κ3) is 8.31. The predicted molar refractivity (Wildman–Crippen MR) is 55.6 cm³/mol. The van der Waals surface area contributed by atoms with Gasteiger partial charge in [0.05, 0.1) is 13.2 Å². The van der Waals surface area contributed by atoms with Crippen LogP contribution in [0.25, 0.3) is 0 Å². The Morgan fingerprint density at radius 3 is 2.47 bits per heavy atom. The molecule has 0 radical (unpaired) electrons. The third-order valence-corrected chi connectivity index (χ3v) is 1.75. The highest BCUT2D eigenvalue weighted by Crippen LogP contribution is 1.86. The molecule has 0 aliphatic carbocycles. The highest BCUT2D eigenvalue weighted by atomic mass is 16.7. The van der Waals surface area contributed by atoms with Crippen molar-refractivity contribution >= 4 is 5.91 Å². The molecule has 0 fully saturated rings. The van der Waals surface area contributed by atoms with Gasteiger partial charge in [-0.1, -0.05) is 0 Å². The van der Waals surface area contributed by atoms with Gasteiger partial charge in [0.15, 0.2) is 6.29 Å². The van der Waals surface area contributed by atoms with Crippen LogP contribution in [-0.2, 0) is 19.0 Å². The van der Waals surface area contributed by atoms with Crippen molar-refractivity contribution in [2.45, 2.75) is 6.29 Å². The highest BCUT2D eigenvalue weighted by Gasteiger charge is 2.05. The Balaban J connectivity index is 3.37. The van der Waals surface area contributed by atoms with Gasteiger partial charge in [0.25, 0.3) is 0 Å². The lowest BCUT2D eigenvalue weighted by Gasteiger charge is -2.13. The smallest absolute Gasteiger partial charge is 0.234 e. The second kappa shape index (κ2) is 9.85. The summed E-state index contributed by atoms with van der Waals surface area (Å²) in [7, 11) is 4.69. The zero-order valence-corrected chi connectivity index (χ0v) is 9.54. The minimum Gasteiger partial charge on any atom is -0.383 e. The molecule has 0 aromatic carbocycles. The van der Waals surface area contributed by atoms with Gasteiger partial charge in [0, 0.05) is 34.4 Å². The second-order valence-corrected chi connectivity index (χ2v) is 2.87. The summed E-state index contributed by atoms with van der Waals surface area (Å²) in [5.41, 5.74) is 0. The Hall–Kier alpha value is -0.690. The van der Waals surface area contributed by atoms with Crippen LogP contribution in [0.1, 0.15) is 0 Å². The molecule has 6 nitrogen and oxygen atoms in total. The zero-order valence-electron chi connectivity index (χ0n) is 9.54. The molecule has 0 rings (SSSR count). The molecule has 15 heavy (non-hydrogen) atoms. The van der Waals surface area contributed by atoms with E-state index in [2.05, 4.69) is 10.6 Å². The molecule has 0 unspecified atom stereocenters. The van der Waals surface area contributed by atoms with E-state index >= 15 is 0 Å². The van der Waals surface area contributed by atoms with Gasteiger partial charge < -0.3 is 24.8 Å². The van der Waals surface area contributed by atoms with E-state index in [9.17, 15) is 4.79 Å². The number of carbonyl (C=O) groups excluding carboxylic acids is 1. The van der Waals surface area contributed by atoms with E-state index in [-0.39, 0.29) is 18.7 Å². The molecular weight excluding hydrogens is 200 g/mol. The van der Waals surface area contributed by atoms with Crippen molar-refractivity contribution in [1.82, 2.24) is 10.6 Å². The van der Waals surface area contributed by atoms with Crippen LogP contribution in [0.15, 0.2) is 0 Å². The van der Waals surface area contributed by atoms with E-state index in [1.165, 1.54) is 0 Å². The summed E-state index contributed by atoms with van der Waals surface area (Å²) in [5.74, 6) is -0.0713. The number of nitrogens with one attached hydrogen (secondary N) is 2. The van der Waals surface area contributed by atoms with Crippen molar-refractivity contribution < 1.29 is 19.0 Å². The van der Waals surface area contributed by atoms with Gasteiger partial charge in [-0.3, -0.25) is 4.79 Å². The molecular formula is C9H20N2O4. The Morgan fingerprint density at radius 1 is 1.27 bits per heavy atom. The molecule has 0 saturated carbocycles. The summed E-state index contributed by atoms with van der Waals surface area (Å²) >= 11 is 0. The van der Waals surface area contributed by atoms with Crippen LogP contribution >= 0.6 is 0 Å². The molecule has 0 spiro atoms. The quantitative estimate of drug-likeness (QED) is 0.383. The van der Waals surface area contributed by atoms with E-state index in [0.29, 0.717) is 19.7 Å². The fraction of sp³-hybridized carbons (Fsp3) is 0.889. The molecule has 90 valence electrons. The fourth-order valence-electron chi connectivity index (χ4n) is 0.921. The van der Waals surface area contributed by atoms with Crippen LogP contribution in [-0.4, -0.2) is 59.8 Å². The second-order valence-electron chi connectivity index (χ2n) is 2.87. The number of rotatable bonds is 9. The summed E-state index contributed by atoms with van der Waals surface area (Å²) < 4.78 is 14.7. The molecule has 0 atom stereocenters. The standard InChI is InChI=1S/C9H20N2O4/c1-13-5-4-11-8(12)6-10-7-9(14-2)15-3/h9-10H,4-7H2,1-3H3,(H,11,12). The first-order valence-corrected chi connectivity index (χ1v) is 4.76. The molecule has 6 heteroatoms. The summed E-state index contributed by atoms with van der Waals surface area (Å²) in [5, 5.41) is 5.60. The Morgan fingerprint density at radius 2 is 1.93 bits per heavy atom. The first-order valence-electron chi connectivity index (χ1n) is 4.76. The molecule has 1 amide bonds. The monoisotopic (exact) mass is 220 g/mol. The summed E-state index contributed by atoms with van der Waals surface area (Å²) in [4.78, 5) is 11.2. The number of hydrogen-bond donors (Lipinski definition) is 2. The van der Waals surface area contributed by atoms with Crippen LogP contribution < -0.4 is 10.6 Å². The van der Waals surface area contributed by atoms with Crippen molar-refractivity contribution in [2.24, 2.45) is 0 Å². The summed E-state index contributed by atoms with van der Waals surface area (Å²) in [6.45, 7) is 1.76. The number of hydrogen-bond acceptors (Lipinski definition) is 5. The largest absolute Gasteiger partial charge is 0.383 e. The van der Waals surface area contributed by atoms with Crippen molar-refractivity contribution in [1.29, 1.82) is 0 Å². The fourth-order valence-corrected chi connectivity index (χ4v) is 0.921. The Kier molecular flexibility index (Phi) is 9.40. The van der Waals surface area contributed by atoms with E-state index in [4.69, 9.17) is 14.2 Å². The average Bonchev–Trinajstić information content (AvgIpc) is 2.25. The molecule has 0 aliphatic rings. The number of amides is 1. The molecule has 0 aromatic heterocycles. The minimum absolute atomic E-state index is 0.0713. The maximum atomic E-state index is 11.2. The van der Waals surface area contributed by atoms with Gasteiger partial charge >= 0.3 is 0 Å². The highest BCUT2D eigenvalue weighted by molar-refractivity contribution is 5.77. The van der Waals surface area contributed by atoms with Gasteiger partial charge in [-0.05, 0) is 0 Å². The molecule has 0 heterocycles. The number of ether oxygens (including phenoxy) is 3. The summed E-state index contributed by atoms with van der Waals surface area (Å²) in [6.07, 6.45) is -0.322. The van der Waals surface area contributed by atoms with Gasteiger partial charge in [0.1, 0.15) is 0 Å². The molecule has 0 aliphatic heterocycles. The Bertz CT molecular complexity index is 162. The maximum absolute atomic E-state index is 11.2. The van der Waals surface area contributed by atoms with E-state index in [0.717, 1.165) is 0 Å². The van der Waals surface area contributed by atoms with Crippen LogP contribution in [0.2, 0.25) is 0 Å². The molecule has 0 saturated heterocycles. The van der Waals surface area contributed by atoms with Crippen LogP contribution in [0.5, 0.6) is 0 Å². The van der Waals surface area contributed by atoms with Crippen LogP contribution in [0, 0.1) is 0 Å². The van der Waals surface area contributed by atoms with Crippen molar-refractivity contribution in [3.8, 4) is 0 Å². The van der Waals surface area contributed by atoms with Crippen LogP contribution in [0.3, 0.4) is 0 Å². The number of methoxy groups -OCH3 is 3. The van der Waals surface area contributed by atoms with Gasteiger partial charge in [-0.15, -0.1) is 0 Å². The Labute approximate surface area is 90.3 Å². The first kappa shape index (κ1) is 14.3. The normalized spacial score (nSPS) is 10.7. The van der Waals surface area contributed by atoms with E-state index in [1.54, 1.807) is 21.3 Å². The van der Waals surface area contributed by atoms with Gasteiger partial charge in [-0.25, -0.2) is 0 Å². The first-order chi connectivity index (χ1) is 7.24. The van der Waals surface area contributed by atoms with Gasteiger partial charge in [-0.2, -0.15) is 0 Å². The zero-order chi connectivity index (χ0) is 11.5. The molecule has 2 N–H and O–H groups in total. The summed E-state index contributed by atoms with van der Waals surface area (Å²) in [6, 6.07) is 0. The minimum atomic E-state index is -0.322. The maximum Gasteiger partial charge on any atom is 0.234 e. The third-order valence-electron chi connectivity index (χ3n) is 1.75. The predicted octanol–water partition coefficient (Wildman–Crippen LogP) is -1.04. The SMILES string of the molecule is COCCNC(=O)CNCC(OC)OC. The lowest BCUT2D eigenvalue weighted by molar-refractivity contribution is -0.121. The van der Waals surface area contributed by atoms with E-state index < -0.39 is 0 Å². The molecule has 0 bridgehead atoms.